The predicted octanol–water partition coefficient (Wildman–Crippen LogP) is 1.52. The van der Waals surface area contributed by atoms with E-state index in [1.54, 1.807) is 0 Å². The molecule has 0 heterocycles. The lowest BCUT2D eigenvalue weighted by Crippen LogP contribution is -2.11. The normalized spacial score (nSPS) is 15.6. The van der Waals surface area contributed by atoms with Crippen LogP contribution in [0, 0.1) is 0 Å². The lowest BCUT2D eigenvalue weighted by atomic mass is 10.2. The van der Waals surface area contributed by atoms with Crippen LogP contribution in [0.3, 0.4) is 0 Å². The number of hydrogen-bond acceptors (Lipinski definition) is 3. The molecule has 1 atom stereocenters. The first-order valence-corrected chi connectivity index (χ1v) is 6.11. The summed E-state index contributed by atoms with van der Waals surface area (Å²) in [6, 6.07) is 3.14. The molecular formula is C9H10F3O4P. The molecule has 1 aromatic rings. The topological polar surface area (TPSA) is 66.8 Å². The fourth-order valence-corrected chi connectivity index (χ4v) is 2.08. The minimum atomic E-state index is -4.50. The summed E-state index contributed by atoms with van der Waals surface area (Å²) in [5.74, 6) is 0. The lowest BCUT2D eigenvalue weighted by molar-refractivity contribution is -0.137. The Morgan fingerprint density at radius 2 is 1.76 bits per heavy atom. The fraction of sp³-hybridized carbons (Fsp3) is 0.333. The summed E-state index contributed by atoms with van der Waals surface area (Å²) >= 11 is 0. The van der Waals surface area contributed by atoms with Crippen LogP contribution in [0.5, 0.6) is 0 Å². The predicted molar refractivity (Wildman–Crippen MR) is 53.9 cm³/mol. The Labute approximate surface area is 95.2 Å². The molecule has 2 N–H and O–H groups in total. The number of aliphatic hydroxyl groups excluding tert-OH is 1. The molecule has 0 aliphatic rings. The minimum Gasteiger partial charge on any atom is -0.394 e. The second-order valence-electron chi connectivity index (χ2n) is 3.12. The minimum absolute atomic E-state index is 0.251. The molecule has 1 unspecified atom stereocenters. The molecule has 4 nitrogen and oxygen atoms in total. The maximum atomic E-state index is 12.2. The van der Waals surface area contributed by atoms with E-state index in [1.165, 1.54) is 0 Å². The van der Waals surface area contributed by atoms with Gasteiger partial charge in [0.1, 0.15) is 0 Å². The molecule has 0 bridgehead atoms. The van der Waals surface area contributed by atoms with Crippen LogP contribution < -0.4 is 5.30 Å². The zero-order valence-electron chi connectivity index (χ0n) is 8.52. The van der Waals surface area contributed by atoms with Gasteiger partial charge in [0, 0.05) is 0 Å². The summed E-state index contributed by atoms with van der Waals surface area (Å²) in [4.78, 5) is 9.35. The average molecular weight is 270 g/mol. The van der Waals surface area contributed by atoms with Gasteiger partial charge >= 0.3 is 13.8 Å². The molecule has 0 amide bonds. The van der Waals surface area contributed by atoms with E-state index in [-0.39, 0.29) is 11.9 Å². The van der Waals surface area contributed by atoms with Gasteiger partial charge in [-0.25, -0.2) is 0 Å². The van der Waals surface area contributed by atoms with Crippen LogP contribution in [0.2, 0.25) is 0 Å². The standard InChI is InChI=1S/C9H10F3O4P/c10-9(11,12)7-1-3-8(4-2-7)17(14,15)16-6-5-13/h1-4,13H,5-6H2,(H,14,15). The van der Waals surface area contributed by atoms with Crippen molar-refractivity contribution in [3.8, 4) is 0 Å². The van der Waals surface area contributed by atoms with E-state index in [0.717, 1.165) is 12.1 Å². The van der Waals surface area contributed by atoms with Gasteiger partial charge < -0.3 is 14.5 Å². The van der Waals surface area contributed by atoms with Crippen molar-refractivity contribution in [2.75, 3.05) is 13.2 Å². The van der Waals surface area contributed by atoms with Crippen LogP contribution >= 0.6 is 7.60 Å². The molecular weight excluding hydrogens is 260 g/mol. The molecule has 96 valence electrons. The Bertz CT molecular complexity index is 415. The van der Waals surface area contributed by atoms with Gasteiger partial charge in [0.2, 0.25) is 0 Å². The highest BCUT2D eigenvalue weighted by molar-refractivity contribution is 7.61. The molecule has 8 heteroatoms. The van der Waals surface area contributed by atoms with E-state index in [9.17, 15) is 22.6 Å². The summed E-state index contributed by atoms with van der Waals surface area (Å²) in [6.07, 6.45) is -4.50. The maximum absolute atomic E-state index is 12.2. The van der Waals surface area contributed by atoms with Crippen molar-refractivity contribution in [2.45, 2.75) is 6.18 Å². The average Bonchev–Trinajstić information content (AvgIpc) is 2.25. The Balaban J connectivity index is 2.91. The third kappa shape index (κ3) is 3.81. The van der Waals surface area contributed by atoms with E-state index in [2.05, 4.69) is 4.52 Å². The molecule has 0 aliphatic carbocycles. The van der Waals surface area contributed by atoms with E-state index in [0.29, 0.717) is 12.1 Å². The highest BCUT2D eigenvalue weighted by Gasteiger charge is 2.31. The summed E-state index contributed by atoms with van der Waals surface area (Å²) in [7, 11) is -4.16. The highest BCUT2D eigenvalue weighted by atomic mass is 31.2. The summed E-state index contributed by atoms with van der Waals surface area (Å²) in [6.45, 7) is -0.819. The third-order valence-electron chi connectivity index (χ3n) is 1.88. The van der Waals surface area contributed by atoms with Crippen LogP contribution in [0.1, 0.15) is 5.56 Å². The van der Waals surface area contributed by atoms with Gasteiger partial charge in [-0.05, 0) is 24.3 Å². The van der Waals surface area contributed by atoms with Gasteiger partial charge in [-0.3, -0.25) is 4.57 Å². The second-order valence-corrected chi connectivity index (χ2v) is 4.94. The van der Waals surface area contributed by atoms with Crippen molar-refractivity contribution >= 4 is 12.9 Å². The van der Waals surface area contributed by atoms with Gasteiger partial charge in [0.25, 0.3) is 0 Å². The highest BCUT2D eigenvalue weighted by Crippen LogP contribution is 2.41. The Morgan fingerprint density at radius 1 is 1.24 bits per heavy atom. The zero-order valence-corrected chi connectivity index (χ0v) is 9.41. The number of hydrogen-bond donors (Lipinski definition) is 2. The van der Waals surface area contributed by atoms with Crippen LogP contribution in [0.4, 0.5) is 13.2 Å². The number of alkyl halides is 3. The smallest absolute Gasteiger partial charge is 0.394 e. The van der Waals surface area contributed by atoms with Crippen LogP contribution in [-0.4, -0.2) is 23.2 Å². The molecule has 0 spiro atoms. The van der Waals surface area contributed by atoms with Crippen molar-refractivity contribution in [3.05, 3.63) is 29.8 Å². The maximum Gasteiger partial charge on any atom is 0.416 e. The molecule has 0 radical (unpaired) electrons. The largest absolute Gasteiger partial charge is 0.416 e. The van der Waals surface area contributed by atoms with E-state index in [1.807, 2.05) is 0 Å². The van der Waals surface area contributed by atoms with Gasteiger partial charge in [-0.15, -0.1) is 0 Å². The van der Waals surface area contributed by atoms with Gasteiger partial charge in [-0.1, -0.05) is 0 Å². The SMILES string of the molecule is O=P(O)(OCCO)c1ccc(C(F)(F)F)cc1. The summed E-state index contributed by atoms with van der Waals surface area (Å²) in [5.41, 5.74) is -0.914. The first-order chi connectivity index (χ1) is 7.77. The number of halogens is 3. The Hall–Kier alpha value is -0.880. The van der Waals surface area contributed by atoms with Crippen LogP contribution in [0.15, 0.2) is 24.3 Å². The van der Waals surface area contributed by atoms with E-state index < -0.39 is 25.9 Å². The molecule has 0 fully saturated rings. The first-order valence-electron chi connectivity index (χ1n) is 4.53. The number of benzene rings is 1. The fourth-order valence-electron chi connectivity index (χ4n) is 1.08. The van der Waals surface area contributed by atoms with E-state index >= 15 is 0 Å². The summed E-state index contributed by atoms with van der Waals surface area (Å²) < 4.78 is 52.6. The van der Waals surface area contributed by atoms with Crippen molar-refractivity contribution in [3.63, 3.8) is 0 Å². The van der Waals surface area contributed by atoms with Crippen molar-refractivity contribution in [1.29, 1.82) is 0 Å². The van der Waals surface area contributed by atoms with Crippen LogP contribution in [-0.2, 0) is 15.3 Å². The summed E-state index contributed by atoms with van der Waals surface area (Å²) in [5, 5.41) is 8.17. The molecule has 1 rings (SSSR count). The third-order valence-corrected chi connectivity index (χ3v) is 3.36. The van der Waals surface area contributed by atoms with Gasteiger partial charge in [-0.2, -0.15) is 13.2 Å². The first kappa shape index (κ1) is 14.2. The molecule has 0 aromatic heterocycles. The van der Waals surface area contributed by atoms with Crippen LogP contribution in [0.25, 0.3) is 0 Å². The molecule has 0 saturated heterocycles. The van der Waals surface area contributed by atoms with Crippen molar-refractivity contribution in [2.24, 2.45) is 0 Å². The lowest BCUT2D eigenvalue weighted by Gasteiger charge is -2.12. The monoisotopic (exact) mass is 270 g/mol. The molecule has 17 heavy (non-hydrogen) atoms. The van der Waals surface area contributed by atoms with Gasteiger partial charge in [0.05, 0.1) is 24.1 Å². The molecule has 0 aliphatic heterocycles. The Kier molecular flexibility index (Phi) is 4.32. The molecule has 0 saturated carbocycles. The number of aliphatic hydroxyl groups is 1. The quantitative estimate of drug-likeness (QED) is 0.814. The second kappa shape index (κ2) is 5.18. The van der Waals surface area contributed by atoms with Gasteiger partial charge in [0.15, 0.2) is 0 Å². The van der Waals surface area contributed by atoms with Crippen molar-refractivity contribution < 1.29 is 32.3 Å². The van der Waals surface area contributed by atoms with Crippen molar-refractivity contribution in [1.82, 2.24) is 0 Å². The van der Waals surface area contributed by atoms with E-state index in [4.69, 9.17) is 5.11 Å². The number of rotatable bonds is 4. The zero-order chi connectivity index (χ0) is 13.1. The molecule has 1 aromatic carbocycles. The Morgan fingerprint density at radius 3 is 2.18 bits per heavy atom.